The van der Waals surface area contributed by atoms with Gasteiger partial charge in [0.25, 0.3) is 5.91 Å². The summed E-state index contributed by atoms with van der Waals surface area (Å²) in [5.74, 6) is -3.41. The summed E-state index contributed by atoms with van der Waals surface area (Å²) in [6.07, 6.45) is 9.37. The number of hydrogen-bond donors (Lipinski definition) is 2. The number of carbonyl (C=O) groups is 1. The minimum atomic E-state index is -2.62. The van der Waals surface area contributed by atoms with Crippen LogP contribution in [0.25, 0.3) is 17.0 Å². The molecule has 1 aliphatic heterocycles. The third-order valence-electron chi connectivity index (χ3n) is 6.55. The van der Waals surface area contributed by atoms with E-state index in [1.165, 1.54) is 0 Å². The topological polar surface area (TPSA) is 86.8 Å². The molecule has 10 heteroatoms. The molecule has 0 unspecified atom stereocenters. The molecule has 37 heavy (non-hydrogen) atoms. The second kappa shape index (κ2) is 9.68. The standard InChI is InChI=1S/C27H25F3N6O/c1-3-21(7-4-16(2)20-11-32-33-12-20)34-25-23(28)13-31-24(35-25)18-5-6-19-15-36(26(37)22(19)8-18)14-17-9-27(29,30)10-17/h3-8,11-13,17H,2,9-10,14-15H2,1H3,(H,32,33)(H,31,34,35)/b7-4-,21-3+. The maximum absolute atomic E-state index is 14.6. The summed E-state index contributed by atoms with van der Waals surface area (Å²) >= 11 is 0. The third kappa shape index (κ3) is 5.18. The molecule has 1 saturated carbocycles. The molecule has 5 rings (SSSR count). The monoisotopic (exact) mass is 506 g/mol. The van der Waals surface area contributed by atoms with E-state index in [1.807, 2.05) is 0 Å². The van der Waals surface area contributed by atoms with Crippen molar-refractivity contribution in [2.24, 2.45) is 5.92 Å². The average molecular weight is 507 g/mol. The first-order chi connectivity index (χ1) is 17.7. The fraction of sp³-hybridized carbons (Fsp3) is 0.259. The summed E-state index contributed by atoms with van der Waals surface area (Å²) in [4.78, 5) is 23.0. The average Bonchev–Trinajstić information content (AvgIpc) is 3.50. The van der Waals surface area contributed by atoms with Crippen molar-refractivity contribution in [1.29, 1.82) is 0 Å². The van der Waals surface area contributed by atoms with Crippen LogP contribution in [-0.4, -0.2) is 43.4 Å². The quantitative estimate of drug-likeness (QED) is 0.389. The number of fused-ring (bicyclic) bond motifs is 1. The Bertz CT molecular complexity index is 1410. The van der Waals surface area contributed by atoms with Crippen LogP contribution in [0.3, 0.4) is 0 Å². The van der Waals surface area contributed by atoms with E-state index in [4.69, 9.17) is 0 Å². The van der Waals surface area contributed by atoms with Crippen LogP contribution in [0.4, 0.5) is 19.0 Å². The molecule has 190 valence electrons. The van der Waals surface area contributed by atoms with Gasteiger partial charge in [-0.25, -0.2) is 23.1 Å². The van der Waals surface area contributed by atoms with Crippen molar-refractivity contribution in [3.05, 3.63) is 89.8 Å². The van der Waals surface area contributed by atoms with Gasteiger partial charge in [-0.2, -0.15) is 5.10 Å². The number of allylic oxidation sites excluding steroid dienone is 4. The van der Waals surface area contributed by atoms with E-state index >= 15 is 0 Å². The molecule has 2 N–H and O–H groups in total. The van der Waals surface area contributed by atoms with Crippen LogP contribution in [0.5, 0.6) is 0 Å². The molecule has 7 nitrogen and oxygen atoms in total. The highest BCUT2D eigenvalue weighted by atomic mass is 19.3. The van der Waals surface area contributed by atoms with Gasteiger partial charge in [-0.1, -0.05) is 30.9 Å². The van der Waals surface area contributed by atoms with Crippen molar-refractivity contribution >= 4 is 17.3 Å². The van der Waals surface area contributed by atoms with Crippen LogP contribution in [-0.2, 0) is 6.54 Å². The largest absolute Gasteiger partial charge is 0.338 e. The second-order valence-electron chi connectivity index (χ2n) is 9.29. The van der Waals surface area contributed by atoms with E-state index in [9.17, 15) is 18.0 Å². The van der Waals surface area contributed by atoms with Gasteiger partial charge in [-0.3, -0.25) is 9.89 Å². The van der Waals surface area contributed by atoms with Gasteiger partial charge in [0.1, 0.15) is 0 Å². The number of nitrogens with one attached hydrogen (secondary N) is 2. The molecule has 0 saturated heterocycles. The third-order valence-corrected chi connectivity index (χ3v) is 6.55. The fourth-order valence-electron chi connectivity index (χ4n) is 4.53. The van der Waals surface area contributed by atoms with Gasteiger partial charge in [-0.05, 0) is 36.1 Å². The first kappa shape index (κ1) is 24.5. The predicted molar refractivity (Wildman–Crippen MR) is 134 cm³/mol. The van der Waals surface area contributed by atoms with E-state index in [0.717, 1.165) is 22.9 Å². The van der Waals surface area contributed by atoms with Crippen molar-refractivity contribution in [3.63, 3.8) is 0 Å². The van der Waals surface area contributed by atoms with Crippen LogP contribution in [0.1, 0.15) is 41.3 Å². The lowest BCUT2D eigenvalue weighted by molar-refractivity contribution is -0.114. The number of halogens is 3. The molecule has 2 aliphatic rings. The van der Waals surface area contributed by atoms with Crippen LogP contribution in [0.2, 0.25) is 0 Å². The zero-order valence-corrected chi connectivity index (χ0v) is 20.1. The first-order valence-corrected chi connectivity index (χ1v) is 11.8. The lowest BCUT2D eigenvalue weighted by Gasteiger charge is -2.37. The Kier molecular flexibility index (Phi) is 6.41. The van der Waals surface area contributed by atoms with E-state index in [0.29, 0.717) is 29.9 Å². The number of carbonyl (C=O) groups excluding carboxylic acids is 1. The Balaban J connectivity index is 1.31. The van der Waals surface area contributed by atoms with Gasteiger partial charge >= 0.3 is 0 Å². The van der Waals surface area contributed by atoms with Gasteiger partial charge in [0.05, 0.1) is 12.4 Å². The fourth-order valence-corrected chi connectivity index (χ4v) is 4.53. The zero-order valence-electron chi connectivity index (χ0n) is 20.1. The molecular formula is C27H25F3N6O. The molecule has 0 atom stereocenters. The molecule has 1 fully saturated rings. The van der Waals surface area contributed by atoms with E-state index in [1.54, 1.807) is 60.6 Å². The molecule has 3 aromatic rings. The van der Waals surface area contributed by atoms with E-state index in [-0.39, 0.29) is 36.3 Å². The van der Waals surface area contributed by atoms with Gasteiger partial charge < -0.3 is 10.2 Å². The van der Waals surface area contributed by atoms with Crippen molar-refractivity contribution in [3.8, 4) is 11.4 Å². The molecule has 1 amide bonds. The van der Waals surface area contributed by atoms with Crippen LogP contribution in [0, 0.1) is 11.7 Å². The summed E-state index contributed by atoms with van der Waals surface area (Å²) in [6.45, 7) is 6.48. The number of anilines is 1. The number of H-pyrrole nitrogens is 1. The Morgan fingerprint density at radius 1 is 1.30 bits per heavy atom. The molecule has 1 aliphatic carbocycles. The van der Waals surface area contributed by atoms with Gasteiger partial charge in [0.15, 0.2) is 17.5 Å². The lowest BCUT2D eigenvalue weighted by Crippen LogP contribution is -2.42. The molecule has 0 spiro atoms. The molecule has 3 heterocycles. The Hall–Kier alpha value is -4.21. The number of amides is 1. The van der Waals surface area contributed by atoms with Crippen molar-refractivity contribution < 1.29 is 18.0 Å². The number of alkyl halides is 2. The summed E-state index contributed by atoms with van der Waals surface area (Å²) in [6, 6.07) is 5.25. The van der Waals surface area contributed by atoms with Gasteiger partial charge in [0, 0.05) is 54.5 Å². The molecule has 2 aromatic heterocycles. The van der Waals surface area contributed by atoms with E-state index in [2.05, 4.69) is 32.1 Å². The number of aromatic amines is 1. The van der Waals surface area contributed by atoms with Crippen LogP contribution >= 0.6 is 0 Å². The summed E-state index contributed by atoms with van der Waals surface area (Å²) in [7, 11) is 0. The zero-order chi connectivity index (χ0) is 26.2. The molecule has 1 aromatic carbocycles. The van der Waals surface area contributed by atoms with E-state index < -0.39 is 11.7 Å². The van der Waals surface area contributed by atoms with Gasteiger partial charge in [-0.15, -0.1) is 0 Å². The van der Waals surface area contributed by atoms with Gasteiger partial charge in [0.2, 0.25) is 5.92 Å². The summed E-state index contributed by atoms with van der Waals surface area (Å²) in [5, 5.41) is 9.59. The molecule has 0 radical (unpaired) electrons. The van der Waals surface area contributed by atoms with Crippen molar-refractivity contribution in [2.75, 3.05) is 11.9 Å². The number of hydrogen-bond acceptors (Lipinski definition) is 5. The van der Waals surface area contributed by atoms with Crippen LogP contribution < -0.4 is 5.32 Å². The number of nitrogens with zero attached hydrogens (tertiary/aromatic N) is 4. The number of rotatable bonds is 8. The Morgan fingerprint density at radius 2 is 2.11 bits per heavy atom. The highest BCUT2D eigenvalue weighted by molar-refractivity contribution is 5.99. The number of aromatic nitrogens is 4. The van der Waals surface area contributed by atoms with Crippen LogP contribution in [0.15, 0.2) is 67.3 Å². The smallest absolute Gasteiger partial charge is 0.254 e. The minimum absolute atomic E-state index is 0.0176. The second-order valence-corrected chi connectivity index (χ2v) is 9.29. The summed E-state index contributed by atoms with van der Waals surface area (Å²) in [5.41, 5.74) is 4.01. The molecule has 0 bridgehead atoms. The first-order valence-electron chi connectivity index (χ1n) is 11.8. The summed E-state index contributed by atoms with van der Waals surface area (Å²) < 4.78 is 41.0. The lowest BCUT2D eigenvalue weighted by atomic mass is 9.81. The highest BCUT2D eigenvalue weighted by Gasteiger charge is 2.46. The maximum Gasteiger partial charge on any atom is 0.254 e. The van der Waals surface area contributed by atoms with Crippen molar-refractivity contribution in [2.45, 2.75) is 32.2 Å². The van der Waals surface area contributed by atoms with Crippen molar-refractivity contribution in [1.82, 2.24) is 25.1 Å². The Labute approximate surface area is 211 Å². The number of benzene rings is 1. The minimum Gasteiger partial charge on any atom is -0.338 e. The normalized spacial score (nSPS) is 17.2. The highest BCUT2D eigenvalue weighted by Crippen LogP contribution is 2.43. The maximum atomic E-state index is 14.6. The SMILES string of the molecule is C=C(/C=C\C(=C/C)Nc1nc(-c2ccc3c(c2)C(=O)N(CC2CC(F)(F)C2)C3)ncc1F)c1cn[nH]c1. The predicted octanol–water partition coefficient (Wildman–Crippen LogP) is 5.59. The molecular weight excluding hydrogens is 481 g/mol. The Morgan fingerprint density at radius 3 is 2.81 bits per heavy atom.